The standard InChI is InChI=1S/C25H24N4O2S/c1-2-5-17(6-3-1)20-16-32-24-21(20)23(27-22(28-24)19-7-4-10-26-15-19)29-11-8-18(9-12-29)25-30-13-14-31-25/h1-7,10,15-16,18,25H,8-9,11-14H2. The summed E-state index contributed by atoms with van der Waals surface area (Å²) in [6.45, 7) is 3.27. The predicted octanol–water partition coefficient (Wildman–Crippen LogP) is 5.01. The molecule has 1 aromatic carbocycles. The molecule has 162 valence electrons. The van der Waals surface area contributed by atoms with Crippen LogP contribution in [0.4, 0.5) is 5.82 Å². The number of fused-ring (bicyclic) bond motifs is 1. The van der Waals surface area contributed by atoms with Crippen LogP contribution in [-0.4, -0.2) is 47.5 Å². The molecule has 0 radical (unpaired) electrons. The molecule has 6 rings (SSSR count). The highest BCUT2D eigenvalue weighted by Crippen LogP contribution is 2.40. The van der Waals surface area contributed by atoms with Gasteiger partial charge in [-0.15, -0.1) is 11.3 Å². The van der Waals surface area contributed by atoms with Crippen molar-refractivity contribution in [2.45, 2.75) is 19.1 Å². The quantitative estimate of drug-likeness (QED) is 0.441. The lowest BCUT2D eigenvalue weighted by Gasteiger charge is -2.35. The number of benzene rings is 1. The van der Waals surface area contributed by atoms with Gasteiger partial charge < -0.3 is 14.4 Å². The first-order valence-electron chi connectivity index (χ1n) is 11.1. The lowest BCUT2D eigenvalue weighted by atomic mass is 9.95. The first-order chi connectivity index (χ1) is 15.9. The molecule has 32 heavy (non-hydrogen) atoms. The normalized spacial score (nSPS) is 17.9. The molecule has 3 aromatic heterocycles. The molecule has 0 aliphatic carbocycles. The molecule has 2 saturated heterocycles. The molecule has 0 N–H and O–H groups in total. The number of hydrogen-bond acceptors (Lipinski definition) is 7. The van der Waals surface area contributed by atoms with Gasteiger partial charge in [0.25, 0.3) is 0 Å². The highest BCUT2D eigenvalue weighted by Gasteiger charge is 2.32. The van der Waals surface area contributed by atoms with Crippen LogP contribution in [0.25, 0.3) is 32.7 Å². The zero-order valence-corrected chi connectivity index (χ0v) is 18.5. The Labute approximate surface area is 190 Å². The van der Waals surface area contributed by atoms with E-state index in [0.29, 0.717) is 19.1 Å². The molecular formula is C25H24N4O2S. The summed E-state index contributed by atoms with van der Waals surface area (Å²) in [6.07, 6.45) is 5.62. The van der Waals surface area contributed by atoms with Gasteiger partial charge in [0.1, 0.15) is 10.6 Å². The largest absolute Gasteiger partial charge is 0.356 e. The van der Waals surface area contributed by atoms with Crippen molar-refractivity contribution in [1.29, 1.82) is 0 Å². The van der Waals surface area contributed by atoms with Crippen LogP contribution in [0.15, 0.2) is 60.2 Å². The monoisotopic (exact) mass is 444 g/mol. The summed E-state index contributed by atoms with van der Waals surface area (Å²) in [6, 6.07) is 14.5. The summed E-state index contributed by atoms with van der Waals surface area (Å²) in [5.74, 6) is 2.19. The second-order valence-electron chi connectivity index (χ2n) is 8.24. The van der Waals surface area contributed by atoms with Crippen molar-refractivity contribution in [2.24, 2.45) is 5.92 Å². The van der Waals surface area contributed by atoms with E-state index in [1.807, 2.05) is 24.4 Å². The molecule has 0 atom stereocenters. The Morgan fingerprint density at radius 3 is 2.44 bits per heavy atom. The summed E-state index contributed by atoms with van der Waals surface area (Å²) in [5.41, 5.74) is 3.33. The minimum Gasteiger partial charge on any atom is -0.356 e. The van der Waals surface area contributed by atoms with E-state index in [9.17, 15) is 0 Å². The van der Waals surface area contributed by atoms with E-state index < -0.39 is 0 Å². The molecule has 6 nitrogen and oxygen atoms in total. The van der Waals surface area contributed by atoms with Crippen molar-refractivity contribution < 1.29 is 9.47 Å². The fraction of sp³-hybridized carbons (Fsp3) is 0.320. The number of pyridine rings is 1. The predicted molar refractivity (Wildman–Crippen MR) is 127 cm³/mol. The highest BCUT2D eigenvalue weighted by atomic mass is 32.1. The summed E-state index contributed by atoms with van der Waals surface area (Å²) in [5, 5.41) is 3.35. The minimum atomic E-state index is -0.0467. The summed E-state index contributed by atoms with van der Waals surface area (Å²) in [4.78, 5) is 17.7. The Morgan fingerprint density at radius 1 is 0.906 bits per heavy atom. The van der Waals surface area contributed by atoms with Gasteiger partial charge in [-0.1, -0.05) is 30.3 Å². The molecule has 2 aliphatic rings. The minimum absolute atomic E-state index is 0.0467. The van der Waals surface area contributed by atoms with Crippen LogP contribution in [0.2, 0.25) is 0 Å². The van der Waals surface area contributed by atoms with E-state index in [1.165, 1.54) is 11.1 Å². The van der Waals surface area contributed by atoms with Gasteiger partial charge in [0.05, 0.1) is 18.6 Å². The summed E-state index contributed by atoms with van der Waals surface area (Å²) >= 11 is 1.68. The number of aromatic nitrogens is 3. The SMILES string of the molecule is c1ccc(-c2csc3nc(-c4cccnc4)nc(N4CCC(C5OCCO5)CC4)c23)cc1. The fourth-order valence-corrected chi connectivity index (χ4v) is 5.58. The molecule has 4 aromatic rings. The Hall–Kier alpha value is -2.87. The molecule has 5 heterocycles. The maximum atomic E-state index is 5.77. The second kappa shape index (κ2) is 8.58. The van der Waals surface area contributed by atoms with Crippen LogP contribution in [0, 0.1) is 5.92 Å². The number of piperidine rings is 1. The number of hydrogen-bond donors (Lipinski definition) is 0. The molecule has 0 bridgehead atoms. The first-order valence-corrected chi connectivity index (χ1v) is 12.0. The van der Waals surface area contributed by atoms with E-state index in [0.717, 1.165) is 53.4 Å². The lowest BCUT2D eigenvalue weighted by molar-refractivity contribution is -0.0889. The van der Waals surface area contributed by atoms with Crippen LogP contribution in [0.5, 0.6) is 0 Å². The van der Waals surface area contributed by atoms with Gasteiger partial charge in [0.15, 0.2) is 12.1 Å². The average Bonchev–Trinajstić information content (AvgIpc) is 3.55. The van der Waals surface area contributed by atoms with Crippen molar-refractivity contribution >= 4 is 27.4 Å². The van der Waals surface area contributed by atoms with E-state index in [1.54, 1.807) is 17.5 Å². The molecule has 0 saturated carbocycles. The Bertz CT molecular complexity index is 1200. The van der Waals surface area contributed by atoms with Gasteiger partial charge in [-0.3, -0.25) is 4.98 Å². The van der Waals surface area contributed by atoms with Gasteiger partial charge in [0.2, 0.25) is 0 Å². The van der Waals surface area contributed by atoms with Crippen molar-refractivity contribution in [2.75, 3.05) is 31.2 Å². The van der Waals surface area contributed by atoms with E-state index in [2.05, 4.69) is 39.5 Å². The zero-order chi connectivity index (χ0) is 21.3. The lowest BCUT2D eigenvalue weighted by Crippen LogP contribution is -2.38. The maximum Gasteiger partial charge on any atom is 0.164 e. The third-order valence-corrected chi connectivity index (χ3v) is 7.16. The third kappa shape index (κ3) is 3.66. The van der Waals surface area contributed by atoms with Gasteiger partial charge >= 0.3 is 0 Å². The van der Waals surface area contributed by atoms with Crippen LogP contribution in [0.3, 0.4) is 0 Å². The highest BCUT2D eigenvalue weighted by molar-refractivity contribution is 7.17. The van der Waals surface area contributed by atoms with E-state index >= 15 is 0 Å². The van der Waals surface area contributed by atoms with E-state index in [-0.39, 0.29) is 6.29 Å². The number of nitrogens with zero attached hydrogens (tertiary/aromatic N) is 4. The Morgan fingerprint density at radius 2 is 1.69 bits per heavy atom. The average molecular weight is 445 g/mol. The number of anilines is 1. The topological polar surface area (TPSA) is 60.4 Å². The zero-order valence-electron chi connectivity index (χ0n) is 17.7. The van der Waals surface area contributed by atoms with Crippen molar-refractivity contribution in [3.8, 4) is 22.5 Å². The molecular weight excluding hydrogens is 420 g/mol. The van der Waals surface area contributed by atoms with Crippen molar-refractivity contribution in [3.63, 3.8) is 0 Å². The number of ether oxygens (including phenoxy) is 2. The van der Waals surface area contributed by atoms with Crippen molar-refractivity contribution in [3.05, 3.63) is 60.2 Å². The number of rotatable bonds is 4. The molecule has 2 aliphatic heterocycles. The van der Waals surface area contributed by atoms with Crippen LogP contribution < -0.4 is 4.90 Å². The van der Waals surface area contributed by atoms with E-state index in [4.69, 9.17) is 19.4 Å². The molecule has 2 fully saturated rings. The Kier molecular flexibility index (Phi) is 5.30. The summed E-state index contributed by atoms with van der Waals surface area (Å²) < 4.78 is 11.5. The molecule has 0 unspecified atom stereocenters. The smallest absolute Gasteiger partial charge is 0.164 e. The van der Waals surface area contributed by atoms with Gasteiger partial charge in [-0.05, 0) is 30.5 Å². The van der Waals surface area contributed by atoms with Crippen LogP contribution in [0.1, 0.15) is 12.8 Å². The van der Waals surface area contributed by atoms with Gasteiger partial charge in [-0.2, -0.15) is 0 Å². The second-order valence-corrected chi connectivity index (χ2v) is 9.10. The summed E-state index contributed by atoms with van der Waals surface area (Å²) in [7, 11) is 0. The van der Waals surface area contributed by atoms with Crippen LogP contribution >= 0.6 is 11.3 Å². The van der Waals surface area contributed by atoms with Gasteiger partial charge in [-0.25, -0.2) is 9.97 Å². The fourth-order valence-electron chi connectivity index (χ4n) is 4.64. The maximum absolute atomic E-state index is 5.77. The Balaban J connectivity index is 1.42. The van der Waals surface area contributed by atoms with Gasteiger partial charge in [0, 0.05) is 47.9 Å². The molecule has 0 amide bonds. The van der Waals surface area contributed by atoms with Crippen molar-refractivity contribution in [1.82, 2.24) is 15.0 Å². The third-order valence-electron chi connectivity index (χ3n) is 6.29. The molecule has 0 spiro atoms. The molecule has 7 heteroatoms. The van der Waals surface area contributed by atoms with Crippen LogP contribution in [-0.2, 0) is 9.47 Å². The first kappa shape index (κ1) is 19.8. The number of thiophene rings is 1.